The summed E-state index contributed by atoms with van der Waals surface area (Å²) >= 11 is 4.60. The first-order valence-electron chi connectivity index (χ1n) is 11.6. The van der Waals surface area contributed by atoms with Crippen LogP contribution in [0.25, 0.3) is 36.5 Å². The van der Waals surface area contributed by atoms with Crippen molar-refractivity contribution in [2.75, 3.05) is 21.2 Å². The number of benzene rings is 2. The minimum atomic E-state index is -0.0277. The van der Waals surface area contributed by atoms with Gasteiger partial charge in [-0.1, -0.05) is 23.5 Å². The molecule has 192 valence electrons. The highest BCUT2D eigenvalue weighted by atomic mass is 32.1. The molecule has 0 fully saturated rings. The molecule has 0 atom stereocenters. The Kier molecular flexibility index (Phi) is 6.30. The van der Waals surface area contributed by atoms with Crippen LogP contribution in [0.1, 0.15) is 21.1 Å². The van der Waals surface area contributed by atoms with E-state index in [1.165, 1.54) is 22.7 Å². The standard InChI is InChI=1S/C26H22N6O3S3/c1-14-30-32-11-20(29-26(32)37-14)24-28-19-9-18(34-4)10-21(22(19)38-24)35-12-17-13-36-23(27-17)15-5-7-16(8-6-15)25(33)31(2)3/h5-11,13H,12H2,1-4H3. The van der Waals surface area contributed by atoms with E-state index >= 15 is 0 Å². The molecule has 2 aromatic carbocycles. The Morgan fingerprint density at radius 1 is 1.05 bits per heavy atom. The van der Waals surface area contributed by atoms with Crippen LogP contribution in [0.5, 0.6) is 11.5 Å². The lowest BCUT2D eigenvalue weighted by molar-refractivity contribution is 0.0827. The van der Waals surface area contributed by atoms with E-state index in [2.05, 4.69) is 10.1 Å². The zero-order chi connectivity index (χ0) is 26.4. The molecule has 0 saturated carbocycles. The fraction of sp³-hybridized carbons (Fsp3) is 0.192. The van der Waals surface area contributed by atoms with Crippen molar-refractivity contribution >= 4 is 55.1 Å². The van der Waals surface area contributed by atoms with Gasteiger partial charge in [0.1, 0.15) is 38.8 Å². The minimum Gasteiger partial charge on any atom is -0.497 e. The smallest absolute Gasteiger partial charge is 0.253 e. The minimum absolute atomic E-state index is 0.0277. The van der Waals surface area contributed by atoms with Crippen molar-refractivity contribution in [2.24, 2.45) is 0 Å². The van der Waals surface area contributed by atoms with E-state index in [-0.39, 0.29) is 5.91 Å². The highest BCUT2D eigenvalue weighted by Gasteiger charge is 2.17. The zero-order valence-corrected chi connectivity index (χ0v) is 23.4. The third-order valence-corrected chi connectivity index (χ3v) is 8.63. The van der Waals surface area contributed by atoms with Gasteiger partial charge in [-0.2, -0.15) is 5.10 Å². The first-order chi connectivity index (χ1) is 18.4. The number of thiazole rings is 2. The molecule has 0 bridgehead atoms. The third-order valence-electron chi connectivity index (χ3n) is 5.74. The number of rotatable bonds is 7. The van der Waals surface area contributed by atoms with Gasteiger partial charge in [-0.05, 0) is 19.1 Å². The number of amides is 1. The summed E-state index contributed by atoms with van der Waals surface area (Å²) in [6.07, 6.45) is 1.90. The predicted molar refractivity (Wildman–Crippen MR) is 151 cm³/mol. The largest absolute Gasteiger partial charge is 0.497 e. The maximum absolute atomic E-state index is 12.2. The van der Waals surface area contributed by atoms with Gasteiger partial charge in [0.05, 0.1) is 29.2 Å². The molecule has 6 aromatic rings. The monoisotopic (exact) mass is 562 g/mol. The lowest BCUT2D eigenvalue weighted by Gasteiger charge is -2.10. The molecule has 4 aromatic heterocycles. The zero-order valence-electron chi connectivity index (χ0n) is 21.0. The summed E-state index contributed by atoms with van der Waals surface area (Å²) in [5.41, 5.74) is 3.97. The van der Waals surface area contributed by atoms with E-state index in [9.17, 15) is 4.79 Å². The van der Waals surface area contributed by atoms with E-state index in [0.29, 0.717) is 23.7 Å². The van der Waals surface area contributed by atoms with Crippen LogP contribution in [0.2, 0.25) is 0 Å². The molecule has 12 heteroatoms. The molecule has 0 radical (unpaired) electrons. The van der Waals surface area contributed by atoms with E-state index in [1.54, 1.807) is 42.0 Å². The SMILES string of the molecule is COc1cc(OCc2csc(-c3ccc(C(=O)N(C)C)cc3)n2)c2sc(-c3cn4nc(C)sc4n3)nc2c1. The summed E-state index contributed by atoms with van der Waals surface area (Å²) in [6.45, 7) is 2.26. The molecule has 0 aliphatic heterocycles. The first-order valence-corrected chi connectivity index (χ1v) is 14.1. The predicted octanol–water partition coefficient (Wildman–Crippen LogP) is 5.79. The maximum atomic E-state index is 12.2. The van der Waals surface area contributed by atoms with Crippen molar-refractivity contribution in [2.45, 2.75) is 13.5 Å². The van der Waals surface area contributed by atoms with Gasteiger partial charge in [0.2, 0.25) is 4.96 Å². The van der Waals surface area contributed by atoms with Crippen LogP contribution in [-0.4, -0.2) is 56.6 Å². The van der Waals surface area contributed by atoms with Gasteiger partial charge >= 0.3 is 0 Å². The average molecular weight is 563 g/mol. The van der Waals surface area contributed by atoms with Crippen molar-refractivity contribution < 1.29 is 14.3 Å². The number of hydrogen-bond donors (Lipinski definition) is 0. The van der Waals surface area contributed by atoms with Crippen molar-refractivity contribution in [3.63, 3.8) is 0 Å². The van der Waals surface area contributed by atoms with Gasteiger partial charge in [0.15, 0.2) is 0 Å². The number of aryl methyl sites for hydroxylation is 1. The molecule has 0 aliphatic carbocycles. The first kappa shape index (κ1) is 24.5. The number of carbonyl (C=O) groups is 1. The number of fused-ring (bicyclic) bond motifs is 2. The second-order valence-corrected chi connectivity index (χ2v) is 11.7. The van der Waals surface area contributed by atoms with Crippen LogP contribution < -0.4 is 9.47 Å². The van der Waals surface area contributed by atoms with Crippen LogP contribution >= 0.6 is 34.0 Å². The molecule has 0 unspecified atom stereocenters. The van der Waals surface area contributed by atoms with E-state index in [1.807, 2.05) is 54.9 Å². The molecule has 1 amide bonds. The third kappa shape index (κ3) is 4.62. The average Bonchev–Trinajstić information content (AvgIpc) is 3.69. The Bertz CT molecular complexity index is 1750. The van der Waals surface area contributed by atoms with Gasteiger partial charge in [0, 0.05) is 42.7 Å². The number of ether oxygens (including phenoxy) is 2. The number of hydrogen-bond acceptors (Lipinski definition) is 10. The summed E-state index contributed by atoms with van der Waals surface area (Å²) in [7, 11) is 5.11. The second kappa shape index (κ2) is 9.78. The quantitative estimate of drug-likeness (QED) is 0.243. The summed E-state index contributed by atoms with van der Waals surface area (Å²) in [5.74, 6) is 1.32. The number of nitrogens with zero attached hydrogens (tertiary/aromatic N) is 6. The lowest BCUT2D eigenvalue weighted by atomic mass is 10.1. The molecular weight excluding hydrogens is 541 g/mol. The Labute approximate surface area is 230 Å². The highest BCUT2D eigenvalue weighted by molar-refractivity contribution is 7.22. The Balaban J connectivity index is 1.23. The molecule has 38 heavy (non-hydrogen) atoms. The summed E-state index contributed by atoms with van der Waals surface area (Å²) < 4.78 is 14.4. The van der Waals surface area contributed by atoms with Gasteiger partial charge < -0.3 is 14.4 Å². The summed E-state index contributed by atoms with van der Waals surface area (Å²) in [4.78, 5) is 28.8. The number of methoxy groups -OCH3 is 1. The van der Waals surface area contributed by atoms with E-state index < -0.39 is 0 Å². The van der Waals surface area contributed by atoms with E-state index in [4.69, 9.17) is 19.4 Å². The van der Waals surface area contributed by atoms with Crippen molar-refractivity contribution in [3.8, 4) is 32.8 Å². The normalized spacial score (nSPS) is 11.4. The van der Waals surface area contributed by atoms with Gasteiger partial charge in [-0.25, -0.2) is 19.5 Å². The molecule has 0 saturated heterocycles. The van der Waals surface area contributed by atoms with Crippen molar-refractivity contribution in [3.05, 3.63) is 64.2 Å². The molecular formula is C26H22N6O3S3. The van der Waals surface area contributed by atoms with Crippen LogP contribution in [0.3, 0.4) is 0 Å². The molecule has 0 aliphatic rings. The number of carbonyl (C=O) groups excluding carboxylic acids is 1. The molecule has 0 spiro atoms. The fourth-order valence-electron chi connectivity index (χ4n) is 3.89. The Morgan fingerprint density at radius 3 is 2.61 bits per heavy atom. The fourth-order valence-corrected chi connectivity index (χ4v) is 6.39. The van der Waals surface area contributed by atoms with Gasteiger partial charge in [-0.15, -0.1) is 22.7 Å². The topological polar surface area (TPSA) is 94.7 Å². The molecule has 0 N–H and O–H groups in total. The van der Waals surface area contributed by atoms with Crippen molar-refractivity contribution in [1.29, 1.82) is 0 Å². The summed E-state index contributed by atoms with van der Waals surface area (Å²) in [5, 5.41) is 9.05. The second-order valence-electron chi connectivity index (χ2n) is 8.68. The summed E-state index contributed by atoms with van der Waals surface area (Å²) in [6, 6.07) is 11.3. The maximum Gasteiger partial charge on any atom is 0.253 e. The van der Waals surface area contributed by atoms with Crippen LogP contribution in [0, 0.1) is 6.92 Å². The molecule has 6 rings (SSSR count). The number of imidazole rings is 1. The Hall–Kier alpha value is -3.87. The van der Waals surface area contributed by atoms with Crippen LogP contribution in [-0.2, 0) is 6.61 Å². The van der Waals surface area contributed by atoms with Crippen molar-refractivity contribution in [1.82, 2.24) is 29.5 Å². The van der Waals surface area contributed by atoms with Gasteiger partial charge in [0.25, 0.3) is 5.91 Å². The molecule has 4 heterocycles. The van der Waals surface area contributed by atoms with Gasteiger partial charge in [-0.3, -0.25) is 4.79 Å². The van der Waals surface area contributed by atoms with E-state index in [0.717, 1.165) is 47.2 Å². The highest BCUT2D eigenvalue weighted by Crippen LogP contribution is 2.39. The van der Waals surface area contributed by atoms with Crippen LogP contribution in [0.15, 0.2) is 48.0 Å². The number of aromatic nitrogens is 5. The Morgan fingerprint density at radius 2 is 1.87 bits per heavy atom. The molecule has 9 nitrogen and oxygen atoms in total. The lowest BCUT2D eigenvalue weighted by Crippen LogP contribution is -2.21. The van der Waals surface area contributed by atoms with Crippen LogP contribution in [0.4, 0.5) is 0 Å².